The fourth-order valence-electron chi connectivity index (χ4n) is 3.66. The molecule has 6 heteroatoms. The van der Waals surface area contributed by atoms with Crippen molar-refractivity contribution in [3.05, 3.63) is 95.7 Å². The maximum absolute atomic E-state index is 13.4. The SMILES string of the molecule is COc1ccc(CN2C(=O)C(Nc3ccc(OC(C)C)cc3)=C(c3ccccc3)C2=O)cc1. The van der Waals surface area contributed by atoms with Gasteiger partial charge < -0.3 is 14.8 Å². The van der Waals surface area contributed by atoms with Gasteiger partial charge in [-0.15, -0.1) is 0 Å². The highest BCUT2D eigenvalue weighted by molar-refractivity contribution is 6.36. The normalized spacial score (nSPS) is 13.6. The van der Waals surface area contributed by atoms with E-state index in [4.69, 9.17) is 9.47 Å². The molecule has 0 bridgehead atoms. The fraction of sp³-hybridized carbons (Fsp3) is 0.185. The Hall–Kier alpha value is -4.06. The molecular formula is C27H26N2O4. The van der Waals surface area contributed by atoms with Crippen molar-refractivity contribution in [2.45, 2.75) is 26.5 Å². The Morgan fingerprint density at radius 3 is 2.06 bits per heavy atom. The summed E-state index contributed by atoms with van der Waals surface area (Å²) in [5, 5.41) is 3.18. The van der Waals surface area contributed by atoms with Crippen molar-refractivity contribution in [2.75, 3.05) is 12.4 Å². The van der Waals surface area contributed by atoms with Gasteiger partial charge in [-0.1, -0.05) is 42.5 Å². The molecule has 0 aromatic heterocycles. The molecule has 168 valence electrons. The van der Waals surface area contributed by atoms with Gasteiger partial charge in [-0.25, -0.2) is 0 Å². The molecule has 1 aliphatic rings. The van der Waals surface area contributed by atoms with E-state index < -0.39 is 0 Å². The second-order valence-corrected chi connectivity index (χ2v) is 7.98. The van der Waals surface area contributed by atoms with Gasteiger partial charge in [0.05, 0.1) is 25.3 Å². The summed E-state index contributed by atoms with van der Waals surface area (Å²) in [5.74, 6) is 0.761. The topological polar surface area (TPSA) is 67.9 Å². The summed E-state index contributed by atoms with van der Waals surface area (Å²) in [4.78, 5) is 28.0. The third kappa shape index (κ3) is 4.90. The number of anilines is 1. The van der Waals surface area contributed by atoms with E-state index in [1.165, 1.54) is 4.90 Å². The van der Waals surface area contributed by atoms with Crippen molar-refractivity contribution < 1.29 is 19.1 Å². The largest absolute Gasteiger partial charge is 0.497 e. The van der Waals surface area contributed by atoms with E-state index in [2.05, 4.69) is 5.32 Å². The molecule has 0 saturated heterocycles. The number of amides is 2. The Morgan fingerprint density at radius 1 is 0.818 bits per heavy atom. The van der Waals surface area contributed by atoms with Crippen LogP contribution in [0, 0.1) is 0 Å². The molecule has 0 fully saturated rings. The molecule has 6 nitrogen and oxygen atoms in total. The van der Waals surface area contributed by atoms with E-state index in [1.807, 2.05) is 92.7 Å². The fourth-order valence-corrected chi connectivity index (χ4v) is 3.66. The third-order valence-corrected chi connectivity index (χ3v) is 5.23. The lowest BCUT2D eigenvalue weighted by atomic mass is 10.0. The number of rotatable bonds is 8. The van der Waals surface area contributed by atoms with E-state index in [9.17, 15) is 9.59 Å². The Labute approximate surface area is 193 Å². The summed E-state index contributed by atoms with van der Waals surface area (Å²) in [6, 6.07) is 23.9. The second kappa shape index (κ2) is 9.61. The van der Waals surface area contributed by atoms with Crippen molar-refractivity contribution in [1.82, 2.24) is 4.90 Å². The standard InChI is InChI=1S/C27H26N2O4/c1-18(2)33-23-15-11-21(12-16-23)28-25-24(20-7-5-4-6-8-20)26(30)29(27(25)31)17-19-9-13-22(32-3)14-10-19/h4-16,18,28H,17H2,1-3H3. The number of nitrogens with zero attached hydrogens (tertiary/aromatic N) is 1. The van der Waals surface area contributed by atoms with Crippen LogP contribution in [0.5, 0.6) is 11.5 Å². The van der Waals surface area contributed by atoms with Crippen LogP contribution in [0.1, 0.15) is 25.0 Å². The van der Waals surface area contributed by atoms with E-state index in [0.717, 1.165) is 11.3 Å². The lowest BCUT2D eigenvalue weighted by Crippen LogP contribution is -2.32. The van der Waals surface area contributed by atoms with Gasteiger partial charge in [-0.2, -0.15) is 0 Å². The Kier molecular flexibility index (Phi) is 6.45. The van der Waals surface area contributed by atoms with Crippen LogP contribution in [0.2, 0.25) is 0 Å². The number of imide groups is 1. The predicted octanol–water partition coefficient (Wildman–Crippen LogP) is 4.87. The third-order valence-electron chi connectivity index (χ3n) is 5.23. The molecule has 0 radical (unpaired) electrons. The van der Waals surface area contributed by atoms with E-state index in [-0.39, 0.29) is 30.2 Å². The van der Waals surface area contributed by atoms with Gasteiger partial charge >= 0.3 is 0 Å². The summed E-state index contributed by atoms with van der Waals surface area (Å²) in [6.07, 6.45) is 0.0664. The molecule has 2 amide bonds. The minimum atomic E-state index is -0.364. The van der Waals surface area contributed by atoms with Crippen molar-refractivity contribution in [1.29, 1.82) is 0 Å². The number of benzene rings is 3. The summed E-state index contributed by atoms with van der Waals surface area (Å²) in [7, 11) is 1.60. The smallest absolute Gasteiger partial charge is 0.278 e. The summed E-state index contributed by atoms with van der Waals surface area (Å²) >= 11 is 0. The number of nitrogens with one attached hydrogen (secondary N) is 1. The summed E-state index contributed by atoms with van der Waals surface area (Å²) in [5.41, 5.74) is 2.84. The Balaban J connectivity index is 1.64. The van der Waals surface area contributed by atoms with E-state index >= 15 is 0 Å². The number of carbonyl (C=O) groups excluding carboxylic acids is 2. The van der Waals surface area contributed by atoms with Gasteiger partial charge in [0.25, 0.3) is 11.8 Å². The average molecular weight is 443 g/mol. The molecule has 1 N–H and O–H groups in total. The first-order valence-corrected chi connectivity index (χ1v) is 10.8. The van der Waals surface area contributed by atoms with Crippen molar-refractivity contribution in [3.63, 3.8) is 0 Å². The highest BCUT2D eigenvalue weighted by Crippen LogP contribution is 2.32. The molecular weight excluding hydrogens is 416 g/mol. The molecule has 0 aliphatic carbocycles. The first-order chi connectivity index (χ1) is 16.0. The van der Waals surface area contributed by atoms with Crippen molar-refractivity contribution >= 4 is 23.1 Å². The van der Waals surface area contributed by atoms with Gasteiger partial charge in [0.15, 0.2) is 0 Å². The van der Waals surface area contributed by atoms with E-state index in [0.29, 0.717) is 22.6 Å². The number of ether oxygens (including phenoxy) is 2. The van der Waals surface area contributed by atoms with Crippen LogP contribution in [-0.2, 0) is 16.1 Å². The zero-order valence-electron chi connectivity index (χ0n) is 18.9. The van der Waals surface area contributed by atoms with Crippen LogP contribution < -0.4 is 14.8 Å². The molecule has 0 atom stereocenters. The zero-order chi connectivity index (χ0) is 23.4. The monoisotopic (exact) mass is 442 g/mol. The molecule has 3 aromatic rings. The van der Waals surface area contributed by atoms with Crippen LogP contribution in [-0.4, -0.2) is 29.9 Å². The minimum absolute atomic E-state index is 0.0664. The molecule has 0 unspecified atom stereocenters. The molecule has 0 spiro atoms. The molecule has 3 aromatic carbocycles. The highest BCUT2D eigenvalue weighted by Gasteiger charge is 2.39. The maximum atomic E-state index is 13.4. The molecule has 4 rings (SSSR count). The number of carbonyl (C=O) groups is 2. The van der Waals surface area contributed by atoms with Gasteiger partial charge in [0.2, 0.25) is 0 Å². The predicted molar refractivity (Wildman–Crippen MR) is 128 cm³/mol. The van der Waals surface area contributed by atoms with Gasteiger partial charge in [0, 0.05) is 5.69 Å². The van der Waals surface area contributed by atoms with Crippen LogP contribution in [0.25, 0.3) is 5.57 Å². The number of methoxy groups -OCH3 is 1. The Morgan fingerprint density at radius 2 is 1.45 bits per heavy atom. The van der Waals surface area contributed by atoms with Gasteiger partial charge in [-0.05, 0) is 61.4 Å². The first kappa shape index (κ1) is 22.1. The van der Waals surface area contributed by atoms with Gasteiger partial charge in [-0.3, -0.25) is 14.5 Å². The van der Waals surface area contributed by atoms with Gasteiger partial charge in [0.1, 0.15) is 17.2 Å². The maximum Gasteiger partial charge on any atom is 0.278 e. The minimum Gasteiger partial charge on any atom is -0.497 e. The lowest BCUT2D eigenvalue weighted by Gasteiger charge is -2.16. The van der Waals surface area contributed by atoms with Crippen LogP contribution in [0.4, 0.5) is 5.69 Å². The quantitative estimate of drug-likeness (QED) is 0.504. The average Bonchev–Trinajstić information content (AvgIpc) is 3.05. The number of hydrogen-bond acceptors (Lipinski definition) is 5. The lowest BCUT2D eigenvalue weighted by molar-refractivity contribution is -0.137. The van der Waals surface area contributed by atoms with E-state index in [1.54, 1.807) is 7.11 Å². The first-order valence-electron chi connectivity index (χ1n) is 10.8. The van der Waals surface area contributed by atoms with Crippen molar-refractivity contribution in [2.24, 2.45) is 0 Å². The van der Waals surface area contributed by atoms with Crippen LogP contribution >= 0.6 is 0 Å². The van der Waals surface area contributed by atoms with Crippen LogP contribution in [0.15, 0.2) is 84.6 Å². The molecule has 1 heterocycles. The Bertz CT molecular complexity index is 1170. The summed E-state index contributed by atoms with van der Waals surface area (Å²) < 4.78 is 10.9. The second-order valence-electron chi connectivity index (χ2n) is 7.98. The molecule has 33 heavy (non-hydrogen) atoms. The highest BCUT2D eigenvalue weighted by atomic mass is 16.5. The van der Waals surface area contributed by atoms with Crippen LogP contribution in [0.3, 0.4) is 0 Å². The molecule has 1 aliphatic heterocycles. The summed E-state index contributed by atoms with van der Waals surface area (Å²) in [6.45, 7) is 4.09. The number of hydrogen-bond donors (Lipinski definition) is 1. The van der Waals surface area contributed by atoms with Crippen molar-refractivity contribution in [3.8, 4) is 11.5 Å². The molecule has 0 saturated carbocycles. The zero-order valence-corrected chi connectivity index (χ0v) is 18.9.